The van der Waals surface area contributed by atoms with Crippen molar-refractivity contribution in [3.05, 3.63) is 0 Å². The molecule has 0 heterocycles. The van der Waals surface area contributed by atoms with E-state index in [0.29, 0.717) is 12.3 Å². The number of nitrogens with one attached hydrogen (secondary N) is 1. The van der Waals surface area contributed by atoms with Crippen LogP contribution in [0.1, 0.15) is 19.3 Å². The van der Waals surface area contributed by atoms with E-state index in [2.05, 4.69) is 5.32 Å². The molecular weight excluding hydrogens is 194 g/mol. The van der Waals surface area contributed by atoms with Gasteiger partial charge in [0.25, 0.3) is 0 Å². The Hall–Kier alpha value is 0.110. The van der Waals surface area contributed by atoms with Gasteiger partial charge in [0.1, 0.15) is 0 Å². The van der Waals surface area contributed by atoms with E-state index < -0.39 is 0 Å². The van der Waals surface area contributed by atoms with Crippen LogP contribution in [-0.4, -0.2) is 29.3 Å². The Labute approximate surface area is 82.4 Å². The van der Waals surface area contributed by atoms with Crippen molar-refractivity contribution in [3.8, 4) is 0 Å². The van der Waals surface area contributed by atoms with Gasteiger partial charge in [-0.05, 0) is 19.1 Å². The van der Waals surface area contributed by atoms with E-state index in [0.717, 1.165) is 18.6 Å². The smallest absolute Gasteiger partial charge is 0.221 e. The molecule has 12 heavy (non-hydrogen) atoms. The van der Waals surface area contributed by atoms with Gasteiger partial charge >= 0.3 is 0 Å². The lowest BCUT2D eigenvalue weighted by molar-refractivity contribution is -0.121. The Kier molecular flexibility index (Phi) is 3.72. The van der Waals surface area contributed by atoms with Crippen molar-refractivity contribution >= 4 is 29.3 Å². The Morgan fingerprint density at radius 3 is 2.75 bits per heavy atom. The van der Waals surface area contributed by atoms with Gasteiger partial charge in [-0.1, -0.05) is 0 Å². The molecular formula is C8H14ClNOS. The van der Waals surface area contributed by atoms with Crippen LogP contribution in [0, 0.1) is 0 Å². The Morgan fingerprint density at radius 1 is 1.67 bits per heavy atom. The van der Waals surface area contributed by atoms with Crippen LogP contribution in [0.2, 0.25) is 0 Å². The number of hydrogen-bond acceptors (Lipinski definition) is 2. The molecule has 0 atom stereocenters. The van der Waals surface area contributed by atoms with Crippen molar-refractivity contribution in [2.24, 2.45) is 0 Å². The zero-order valence-corrected chi connectivity index (χ0v) is 8.80. The number of amides is 1. The van der Waals surface area contributed by atoms with Crippen molar-refractivity contribution in [2.75, 3.05) is 17.9 Å². The van der Waals surface area contributed by atoms with E-state index in [1.165, 1.54) is 0 Å². The highest BCUT2D eigenvalue weighted by molar-refractivity contribution is 7.98. The van der Waals surface area contributed by atoms with E-state index in [9.17, 15) is 4.79 Å². The molecule has 0 radical (unpaired) electrons. The Bertz CT molecular complexity index is 170. The van der Waals surface area contributed by atoms with Gasteiger partial charge in [-0.3, -0.25) is 4.79 Å². The minimum Gasteiger partial charge on any atom is -0.349 e. The van der Waals surface area contributed by atoms with Crippen LogP contribution in [0.3, 0.4) is 0 Å². The SMILES string of the molecule is CSCCC(=O)NC1(CCl)CC1. The molecule has 1 N–H and O–H groups in total. The predicted octanol–water partition coefficient (Wildman–Crippen LogP) is 1.63. The molecule has 70 valence electrons. The molecule has 2 nitrogen and oxygen atoms in total. The highest BCUT2D eigenvalue weighted by Crippen LogP contribution is 2.36. The van der Waals surface area contributed by atoms with Crippen molar-refractivity contribution in [3.63, 3.8) is 0 Å². The van der Waals surface area contributed by atoms with Gasteiger partial charge in [-0.15, -0.1) is 11.6 Å². The normalized spacial score (nSPS) is 18.8. The van der Waals surface area contributed by atoms with Gasteiger partial charge in [-0.2, -0.15) is 11.8 Å². The third kappa shape index (κ3) is 2.87. The number of halogens is 1. The fourth-order valence-electron chi connectivity index (χ4n) is 0.996. The first-order valence-corrected chi connectivity index (χ1v) is 6.01. The molecule has 4 heteroatoms. The van der Waals surface area contributed by atoms with Crippen LogP contribution in [0.4, 0.5) is 0 Å². The lowest BCUT2D eigenvalue weighted by Crippen LogP contribution is -2.38. The molecule has 0 aromatic rings. The van der Waals surface area contributed by atoms with Gasteiger partial charge in [0.2, 0.25) is 5.91 Å². The van der Waals surface area contributed by atoms with E-state index in [-0.39, 0.29) is 11.4 Å². The number of hydrogen-bond donors (Lipinski definition) is 1. The number of carbonyl (C=O) groups is 1. The topological polar surface area (TPSA) is 29.1 Å². The summed E-state index contributed by atoms with van der Waals surface area (Å²) in [6.07, 6.45) is 4.70. The molecule has 0 aromatic heterocycles. The summed E-state index contributed by atoms with van der Waals surface area (Å²) in [6.45, 7) is 0. The molecule has 1 saturated carbocycles. The second-order valence-corrected chi connectivity index (χ2v) is 4.46. The van der Waals surface area contributed by atoms with E-state index in [1.807, 2.05) is 6.26 Å². The predicted molar refractivity (Wildman–Crippen MR) is 53.8 cm³/mol. The standard InChI is InChI=1S/C8H14ClNOS/c1-12-5-2-7(11)10-8(6-9)3-4-8/h2-6H2,1H3,(H,10,11). The average Bonchev–Trinajstić information content (AvgIpc) is 2.82. The van der Waals surface area contributed by atoms with Crippen molar-refractivity contribution in [2.45, 2.75) is 24.8 Å². The summed E-state index contributed by atoms with van der Waals surface area (Å²) >= 11 is 7.40. The fraction of sp³-hybridized carbons (Fsp3) is 0.875. The van der Waals surface area contributed by atoms with E-state index >= 15 is 0 Å². The minimum atomic E-state index is -0.0307. The zero-order valence-electron chi connectivity index (χ0n) is 7.23. The summed E-state index contributed by atoms with van der Waals surface area (Å²) in [5, 5.41) is 2.97. The molecule has 0 saturated heterocycles. The summed E-state index contributed by atoms with van der Waals surface area (Å²) in [5.74, 6) is 1.59. The van der Waals surface area contributed by atoms with E-state index in [1.54, 1.807) is 11.8 Å². The van der Waals surface area contributed by atoms with Crippen molar-refractivity contribution < 1.29 is 4.79 Å². The van der Waals surface area contributed by atoms with Crippen molar-refractivity contribution in [1.29, 1.82) is 0 Å². The Balaban J connectivity index is 2.17. The molecule has 1 aliphatic carbocycles. The minimum absolute atomic E-state index is 0.0307. The highest BCUT2D eigenvalue weighted by atomic mass is 35.5. The van der Waals surface area contributed by atoms with Gasteiger partial charge < -0.3 is 5.32 Å². The largest absolute Gasteiger partial charge is 0.349 e. The van der Waals surface area contributed by atoms with Crippen LogP contribution in [0.15, 0.2) is 0 Å². The first-order valence-electron chi connectivity index (χ1n) is 4.08. The fourth-order valence-corrected chi connectivity index (χ4v) is 1.72. The van der Waals surface area contributed by atoms with Gasteiger partial charge in [0.05, 0.1) is 5.54 Å². The van der Waals surface area contributed by atoms with Gasteiger partial charge in [0, 0.05) is 18.1 Å². The van der Waals surface area contributed by atoms with Crippen LogP contribution in [-0.2, 0) is 4.79 Å². The summed E-state index contributed by atoms with van der Waals surface area (Å²) in [4.78, 5) is 11.2. The second-order valence-electron chi connectivity index (χ2n) is 3.20. The number of alkyl halides is 1. The van der Waals surface area contributed by atoms with Gasteiger partial charge in [0.15, 0.2) is 0 Å². The average molecular weight is 208 g/mol. The van der Waals surface area contributed by atoms with Crippen LogP contribution in [0.25, 0.3) is 0 Å². The first-order chi connectivity index (χ1) is 5.72. The Morgan fingerprint density at radius 2 is 2.33 bits per heavy atom. The van der Waals surface area contributed by atoms with Crippen molar-refractivity contribution in [1.82, 2.24) is 5.32 Å². The molecule has 1 aliphatic rings. The maximum absolute atomic E-state index is 11.2. The second kappa shape index (κ2) is 4.38. The molecule has 1 amide bonds. The molecule has 0 spiro atoms. The molecule has 0 aromatic carbocycles. The molecule has 0 aliphatic heterocycles. The number of carbonyl (C=O) groups excluding carboxylic acids is 1. The monoisotopic (exact) mass is 207 g/mol. The van der Waals surface area contributed by atoms with Crippen LogP contribution in [0.5, 0.6) is 0 Å². The van der Waals surface area contributed by atoms with Crippen LogP contribution < -0.4 is 5.32 Å². The lowest BCUT2D eigenvalue weighted by Gasteiger charge is -2.13. The number of thioether (sulfide) groups is 1. The van der Waals surface area contributed by atoms with E-state index in [4.69, 9.17) is 11.6 Å². The number of rotatable bonds is 5. The molecule has 1 rings (SSSR count). The quantitative estimate of drug-likeness (QED) is 0.695. The zero-order chi connectivity index (χ0) is 9.03. The third-order valence-electron chi connectivity index (χ3n) is 2.05. The molecule has 0 unspecified atom stereocenters. The summed E-state index contributed by atoms with van der Waals surface area (Å²) < 4.78 is 0. The highest BCUT2D eigenvalue weighted by Gasteiger charge is 2.42. The van der Waals surface area contributed by atoms with Crippen LogP contribution >= 0.6 is 23.4 Å². The van der Waals surface area contributed by atoms with Gasteiger partial charge in [-0.25, -0.2) is 0 Å². The summed E-state index contributed by atoms with van der Waals surface area (Å²) in [7, 11) is 0. The first kappa shape index (κ1) is 10.2. The third-order valence-corrected chi connectivity index (χ3v) is 3.17. The maximum Gasteiger partial charge on any atom is 0.221 e. The molecule has 0 bridgehead atoms. The summed E-state index contributed by atoms with van der Waals surface area (Å²) in [5.41, 5.74) is -0.0307. The summed E-state index contributed by atoms with van der Waals surface area (Å²) in [6, 6.07) is 0. The molecule has 1 fully saturated rings. The lowest BCUT2D eigenvalue weighted by atomic mass is 10.3. The maximum atomic E-state index is 11.2.